The summed E-state index contributed by atoms with van der Waals surface area (Å²) < 4.78 is 42.9. The number of nitrogens with zero attached hydrogens (tertiary/aromatic N) is 2. The summed E-state index contributed by atoms with van der Waals surface area (Å²) in [6.07, 6.45) is 2.50. The molecule has 0 saturated carbocycles. The summed E-state index contributed by atoms with van der Waals surface area (Å²) in [5, 5.41) is 0. The van der Waals surface area contributed by atoms with E-state index in [-0.39, 0.29) is 27.7 Å². The summed E-state index contributed by atoms with van der Waals surface area (Å²) in [7, 11) is 9.04. The van der Waals surface area contributed by atoms with Crippen LogP contribution in [0.2, 0.25) is 0 Å². The van der Waals surface area contributed by atoms with Crippen molar-refractivity contribution in [1.29, 1.82) is 0 Å². The predicted molar refractivity (Wildman–Crippen MR) is 162 cm³/mol. The van der Waals surface area contributed by atoms with Gasteiger partial charge in [0.1, 0.15) is 0 Å². The van der Waals surface area contributed by atoms with E-state index in [0.717, 1.165) is 58.5 Å². The molecule has 0 unspecified atom stereocenters. The Kier molecular flexibility index (Phi) is 18.2. The van der Waals surface area contributed by atoms with Gasteiger partial charge in [0, 0.05) is 26.2 Å². The third-order valence-electron chi connectivity index (χ3n) is 7.19. The van der Waals surface area contributed by atoms with Crippen LogP contribution in [0, 0.1) is 0 Å². The minimum absolute atomic E-state index is 0. The molecule has 0 N–H and O–H groups in total. The fourth-order valence-corrected chi connectivity index (χ4v) is 4.94. The molecule has 1 heterocycles. The van der Waals surface area contributed by atoms with Crippen LogP contribution in [0.4, 0.5) is 0 Å². The van der Waals surface area contributed by atoms with Crippen molar-refractivity contribution >= 4 is 11.9 Å². The molecule has 0 spiro atoms. The van der Waals surface area contributed by atoms with Gasteiger partial charge in [0.2, 0.25) is 11.5 Å². The Morgan fingerprint density at radius 1 is 0.578 bits per heavy atom. The first-order chi connectivity index (χ1) is 20.9. The van der Waals surface area contributed by atoms with Gasteiger partial charge in [0.25, 0.3) is 0 Å². The van der Waals surface area contributed by atoms with E-state index in [1.807, 2.05) is 0 Å². The van der Waals surface area contributed by atoms with Gasteiger partial charge >= 0.3 is 14.8 Å². The average molecular weight is 678 g/mol. The van der Waals surface area contributed by atoms with Crippen molar-refractivity contribution in [1.82, 2.24) is 9.80 Å². The molecular weight excluding hydrogens is 631 g/mol. The lowest BCUT2D eigenvalue weighted by Crippen LogP contribution is -3.00. The second-order valence-corrected chi connectivity index (χ2v) is 9.84. The van der Waals surface area contributed by atoms with E-state index in [4.69, 9.17) is 37.9 Å². The summed E-state index contributed by atoms with van der Waals surface area (Å²) in [6.45, 7) is 6.10. The van der Waals surface area contributed by atoms with E-state index in [2.05, 4.69) is 9.80 Å². The second-order valence-electron chi connectivity index (χ2n) is 9.84. The fourth-order valence-electron chi connectivity index (χ4n) is 4.94. The first kappa shape index (κ1) is 39.7. The molecule has 0 atom stereocenters. The quantitative estimate of drug-likeness (QED) is 0.142. The molecule has 1 fully saturated rings. The first-order valence-electron chi connectivity index (χ1n) is 14.3. The zero-order valence-electron chi connectivity index (χ0n) is 28.8. The summed E-state index contributed by atoms with van der Waals surface area (Å²) in [5.74, 6) is 1.58. The van der Waals surface area contributed by atoms with Crippen molar-refractivity contribution in [3.05, 3.63) is 35.4 Å². The van der Waals surface area contributed by atoms with E-state index in [9.17, 15) is 9.59 Å². The highest BCUT2D eigenvalue weighted by atomic mass is 35.5. The van der Waals surface area contributed by atoms with Crippen LogP contribution < -0.4 is 53.2 Å². The maximum atomic E-state index is 12.6. The topological polar surface area (TPSA) is 114 Å². The Balaban J connectivity index is 0. The molecule has 45 heavy (non-hydrogen) atoms. The van der Waals surface area contributed by atoms with Crippen molar-refractivity contribution in [2.24, 2.45) is 0 Å². The van der Waals surface area contributed by atoms with Crippen LogP contribution in [-0.2, 0) is 9.47 Å². The Hall–Kier alpha value is -3.32. The number of esters is 2. The Labute approximate surface area is 280 Å². The van der Waals surface area contributed by atoms with E-state index in [1.54, 1.807) is 24.3 Å². The number of carbonyl (C=O) groups excluding carboxylic acids is 2. The number of methoxy groups -OCH3 is 6. The van der Waals surface area contributed by atoms with Crippen LogP contribution in [0.5, 0.6) is 34.5 Å². The van der Waals surface area contributed by atoms with E-state index in [1.165, 1.54) is 42.7 Å². The second kappa shape index (κ2) is 20.7. The van der Waals surface area contributed by atoms with Crippen LogP contribution in [0.15, 0.2) is 24.3 Å². The van der Waals surface area contributed by atoms with E-state index >= 15 is 0 Å². The van der Waals surface area contributed by atoms with Crippen molar-refractivity contribution in [2.75, 3.05) is 95.1 Å². The number of carbonyl (C=O) groups is 2. The number of halogens is 2. The lowest BCUT2D eigenvalue weighted by molar-refractivity contribution is -0.00100. The molecule has 12 nitrogen and oxygen atoms in total. The monoisotopic (exact) mass is 676 g/mol. The van der Waals surface area contributed by atoms with Gasteiger partial charge in [-0.2, -0.15) is 0 Å². The molecule has 3 rings (SSSR count). The Morgan fingerprint density at radius 2 is 0.911 bits per heavy atom. The van der Waals surface area contributed by atoms with Crippen molar-refractivity contribution in [3.8, 4) is 34.5 Å². The molecule has 1 aliphatic heterocycles. The molecule has 0 bridgehead atoms. The molecule has 14 heteroatoms. The maximum Gasteiger partial charge on any atom is 1.00 e. The SMILES string of the molecule is COc1cc(C(=O)OCCCN2CCCN(CCCOC(=O)c3cc(OC)c(OC)c(OC)c3)CC2)cc(OC)c1OC.[Cl-].[Cl-].[H+].[H+]. The van der Waals surface area contributed by atoms with Gasteiger partial charge in [-0.25, -0.2) is 9.59 Å². The number of hydrogen-bond acceptors (Lipinski definition) is 12. The highest BCUT2D eigenvalue weighted by Gasteiger charge is 2.20. The molecular formula is C31H46Cl2N2O10. The summed E-state index contributed by atoms with van der Waals surface area (Å²) >= 11 is 0. The molecule has 0 radical (unpaired) electrons. The zero-order chi connectivity index (χ0) is 31.2. The smallest absolute Gasteiger partial charge is 1.00 e. The van der Waals surface area contributed by atoms with Gasteiger partial charge in [-0.1, -0.05) is 0 Å². The number of ether oxygens (including phenoxy) is 8. The van der Waals surface area contributed by atoms with Gasteiger partial charge < -0.3 is 72.5 Å². The summed E-state index contributed by atoms with van der Waals surface area (Å²) in [6, 6.07) is 6.34. The maximum absolute atomic E-state index is 12.6. The average Bonchev–Trinajstić information content (AvgIpc) is 3.28. The standard InChI is InChI=1S/C31H44N2O10.2ClH/c1-36-24-18-22(19-25(37-2)28(24)40-5)30(34)42-16-8-12-32-10-7-11-33(15-14-32)13-9-17-43-31(35)23-20-26(38-3)29(41-6)27(21-23)39-4;;/h18-21H,7-17H2,1-6H3;2*1H. The van der Waals surface area contributed by atoms with Gasteiger partial charge in [0.05, 0.1) is 67.0 Å². The third-order valence-corrected chi connectivity index (χ3v) is 7.19. The van der Waals surface area contributed by atoms with Crippen molar-refractivity contribution in [2.45, 2.75) is 19.3 Å². The van der Waals surface area contributed by atoms with Crippen LogP contribution in [0.25, 0.3) is 0 Å². The van der Waals surface area contributed by atoms with E-state index in [0.29, 0.717) is 58.8 Å². The molecule has 0 aliphatic carbocycles. The minimum atomic E-state index is -0.438. The highest BCUT2D eigenvalue weighted by molar-refractivity contribution is 5.91. The minimum Gasteiger partial charge on any atom is -1.00 e. The predicted octanol–water partition coefficient (Wildman–Crippen LogP) is -2.23. The molecule has 0 aromatic heterocycles. The van der Waals surface area contributed by atoms with Gasteiger partial charge in [-0.05, 0) is 56.6 Å². The zero-order valence-corrected chi connectivity index (χ0v) is 28.3. The molecule has 2 aromatic carbocycles. The number of hydrogen-bond donors (Lipinski definition) is 0. The lowest BCUT2D eigenvalue weighted by atomic mass is 10.2. The normalized spacial score (nSPS) is 13.3. The third kappa shape index (κ3) is 11.2. The molecule has 0 amide bonds. The van der Waals surface area contributed by atoms with Crippen LogP contribution in [0.1, 0.15) is 42.8 Å². The molecule has 254 valence electrons. The number of benzene rings is 2. The fraction of sp³-hybridized carbons (Fsp3) is 0.548. The summed E-state index contributed by atoms with van der Waals surface area (Å²) in [5.41, 5.74) is 0.683. The van der Waals surface area contributed by atoms with Gasteiger partial charge in [-0.3, -0.25) is 0 Å². The Bertz CT molecular complexity index is 1090. The van der Waals surface area contributed by atoms with Crippen molar-refractivity contribution in [3.63, 3.8) is 0 Å². The van der Waals surface area contributed by atoms with Gasteiger partial charge in [0.15, 0.2) is 23.0 Å². The molecule has 1 aliphatic rings. The summed E-state index contributed by atoms with van der Waals surface area (Å²) in [4.78, 5) is 30.0. The lowest BCUT2D eigenvalue weighted by Gasteiger charge is -2.21. The largest absolute Gasteiger partial charge is 1.00 e. The van der Waals surface area contributed by atoms with E-state index < -0.39 is 11.9 Å². The molecule has 1 saturated heterocycles. The van der Waals surface area contributed by atoms with Crippen LogP contribution in [0.3, 0.4) is 0 Å². The van der Waals surface area contributed by atoms with Crippen molar-refractivity contribution < 1.29 is 75.2 Å². The first-order valence-corrected chi connectivity index (χ1v) is 14.3. The number of rotatable bonds is 16. The highest BCUT2D eigenvalue weighted by Crippen LogP contribution is 2.39. The van der Waals surface area contributed by atoms with Gasteiger partial charge in [-0.15, -0.1) is 0 Å². The Morgan fingerprint density at radius 3 is 1.20 bits per heavy atom. The molecule has 2 aromatic rings. The van der Waals surface area contributed by atoms with Crippen LogP contribution >= 0.6 is 0 Å². The van der Waals surface area contributed by atoms with Crippen LogP contribution in [-0.4, -0.2) is 117 Å².